The first kappa shape index (κ1) is 18.2. The Morgan fingerprint density at radius 3 is 2.38 bits per heavy atom. The first-order valence-corrected chi connectivity index (χ1v) is 7.82. The number of halogens is 2. The van der Waals surface area contributed by atoms with Crippen LogP contribution >= 0.6 is 0 Å². The number of hydrogen-bond acceptors (Lipinski definition) is 3. The lowest BCUT2D eigenvalue weighted by molar-refractivity contribution is -0.144. The first-order chi connectivity index (χ1) is 11.2. The molecule has 132 valence electrons. The molecule has 1 aliphatic rings. The van der Waals surface area contributed by atoms with E-state index in [0.29, 0.717) is 36.1 Å². The van der Waals surface area contributed by atoms with E-state index in [1.807, 2.05) is 0 Å². The van der Waals surface area contributed by atoms with Gasteiger partial charge in [0.1, 0.15) is 5.75 Å². The van der Waals surface area contributed by atoms with Gasteiger partial charge in [-0.05, 0) is 56.9 Å². The van der Waals surface area contributed by atoms with Gasteiger partial charge < -0.3 is 14.7 Å². The van der Waals surface area contributed by atoms with Crippen LogP contribution in [0.4, 0.5) is 8.78 Å². The molecular formula is C17H21F2NO4. The molecule has 0 spiro atoms. The molecule has 0 radical (unpaired) electrons. The van der Waals surface area contributed by atoms with Crippen molar-refractivity contribution < 1.29 is 28.2 Å². The third-order valence-electron chi connectivity index (χ3n) is 4.48. The second-order valence-corrected chi connectivity index (χ2v) is 6.14. The van der Waals surface area contributed by atoms with Gasteiger partial charge in [-0.15, -0.1) is 0 Å². The maximum atomic E-state index is 12.8. The van der Waals surface area contributed by atoms with Crippen LogP contribution in [0.5, 0.6) is 5.75 Å². The zero-order valence-corrected chi connectivity index (χ0v) is 13.9. The number of ether oxygens (including phenoxy) is 1. The molecule has 2 rings (SSSR count). The number of likely N-dealkylation sites (tertiary alicyclic amines) is 1. The van der Waals surface area contributed by atoms with Crippen LogP contribution in [0.2, 0.25) is 0 Å². The number of hydrogen-bond donors (Lipinski definition) is 1. The van der Waals surface area contributed by atoms with Crippen molar-refractivity contribution in [3.8, 4) is 5.75 Å². The third kappa shape index (κ3) is 3.66. The Hall–Kier alpha value is -2.18. The number of nitrogens with zero attached hydrogens (tertiary/aromatic N) is 1. The number of carbonyl (C=O) groups is 2. The molecule has 0 aromatic heterocycles. The summed E-state index contributed by atoms with van der Waals surface area (Å²) in [7, 11) is 0. The van der Waals surface area contributed by atoms with Crippen molar-refractivity contribution in [2.45, 2.75) is 46.3 Å². The molecule has 0 bridgehead atoms. The van der Waals surface area contributed by atoms with Crippen LogP contribution in [0.25, 0.3) is 0 Å². The molecule has 1 fully saturated rings. The Bertz CT molecular complexity index is 624. The lowest BCUT2D eigenvalue weighted by atomic mass is 9.89. The normalized spacial score (nSPS) is 21.0. The van der Waals surface area contributed by atoms with Crippen LogP contribution in [-0.4, -0.2) is 41.1 Å². The summed E-state index contributed by atoms with van der Waals surface area (Å²) in [5, 5.41) is 9.26. The fourth-order valence-electron chi connectivity index (χ4n) is 3.27. The molecule has 2 atom stereocenters. The van der Waals surface area contributed by atoms with Gasteiger partial charge in [-0.25, -0.2) is 0 Å². The molecule has 1 aromatic rings. The SMILES string of the molecule is Cc1cc(C(=O)N2CCC[C@@H](C(=O)O)[C@H]2C)cc(C)c1OC(F)F. The lowest BCUT2D eigenvalue weighted by Gasteiger charge is -2.37. The quantitative estimate of drug-likeness (QED) is 0.913. The van der Waals surface area contributed by atoms with E-state index in [-0.39, 0.29) is 11.7 Å². The second kappa shape index (κ2) is 7.15. The highest BCUT2D eigenvalue weighted by molar-refractivity contribution is 5.95. The van der Waals surface area contributed by atoms with Gasteiger partial charge >= 0.3 is 12.6 Å². The third-order valence-corrected chi connectivity index (χ3v) is 4.48. The Morgan fingerprint density at radius 2 is 1.88 bits per heavy atom. The Balaban J connectivity index is 2.28. The zero-order valence-electron chi connectivity index (χ0n) is 13.9. The van der Waals surface area contributed by atoms with Crippen molar-refractivity contribution in [3.63, 3.8) is 0 Å². The van der Waals surface area contributed by atoms with Gasteiger partial charge in [-0.2, -0.15) is 8.78 Å². The van der Waals surface area contributed by atoms with Crippen molar-refractivity contribution in [2.75, 3.05) is 6.54 Å². The summed E-state index contributed by atoms with van der Waals surface area (Å²) in [5.41, 5.74) is 1.24. The Morgan fingerprint density at radius 1 is 1.29 bits per heavy atom. The molecule has 1 heterocycles. The van der Waals surface area contributed by atoms with E-state index in [2.05, 4.69) is 4.74 Å². The molecule has 0 unspecified atom stereocenters. The van der Waals surface area contributed by atoms with Crippen LogP contribution in [-0.2, 0) is 4.79 Å². The molecule has 0 saturated carbocycles. The maximum absolute atomic E-state index is 12.8. The van der Waals surface area contributed by atoms with E-state index in [0.717, 1.165) is 0 Å². The van der Waals surface area contributed by atoms with Crippen molar-refractivity contribution in [1.29, 1.82) is 0 Å². The van der Waals surface area contributed by atoms with Crippen molar-refractivity contribution in [1.82, 2.24) is 4.90 Å². The van der Waals surface area contributed by atoms with Crippen LogP contribution in [0.1, 0.15) is 41.3 Å². The van der Waals surface area contributed by atoms with E-state index < -0.39 is 24.5 Å². The number of carboxylic acid groups (broad SMARTS) is 1. The molecule has 1 amide bonds. The fourth-order valence-corrected chi connectivity index (χ4v) is 3.27. The summed E-state index contributed by atoms with van der Waals surface area (Å²) < 4.78 is 29.4. The van der Waals surface area contributed by atoms with Gasteiger partial charge in [0.25, 0.3) is 5.91 Å². The largest absolute Gasteiger partial charge is 0.481 e. The highest BCUT2D eigenvalue weighted by atomic mass is 19.3. The van der Waals surface area contributed by atoms with Crippen molar-refractivity contribution >= 4 is 11.9 Å². The average molecular weight is 341 g/mol. The number of amides is 1. The number of carbonyl (C=O) groups excluding carboxylic acids is 1. The van der Waals surface area contributed by atoms with E-state index in [9.17, 15) is 23.5 Å². The average Bonchev–Trinajstić information content (AvgIpc) is 2.49. The highest BCUT2D eigenvalue weighted by Crippen LogP contribution is 2.29. The van der Waals surface area contributed by atoms with E-state index >= 15 is 0 Å². The predicted octanol–water partition coefficient (Wildman–Crippen LogP) is 3.23. The van der Waals surface area contributed by atoms with Crippen molar-refractivity contribution in [2.24, 2.45) is 5.92 Å². The van der Waals surface area contributed by atoms with Gasteiger partial charge in [0.2, 0.25) is 0 Å². The number of alkyl halides is 2. The van der Waals surface area contributed by atoms with Crippen LogP contribution in [0.15, 0.2) is 12.1 Å². The summed E-state index contributed by atoms with van der Waals surface area (Å²) in [6, 6.07) is 2.59. The minimum absolute atomic E-state index is 0.0663. The summed E-state index contributed by atoms with van der Waals surface area (Å²) in [6.45, 7) is 2.48. The number of rotatable bonds is 4. The monoisotopic (exact) mass is 341 g/mol. The number of aliphatic carboxylic acids is 1. The number of aryl methyl sites for hydroxylation is 2. The van der Waals surface area contributed by atoms with E-state index in [1.165, 1.54) is 12.1 Å². The van der Waals surface area contributed by atoms with Crippen molar-refractivity contribution in [3.05, 3.63) is 28.8 Å². The highest BCUT2D eigenvalue weighted by Gasteiger charge is 2.35. The Kier molecular flexibility index (Phi) is 5.41. The van der Waals surface area contributed by atoms with Gasteiger partial charge in [-0.1, -0.05) is 0 Å². The first-order valence-electron chi connectivity index (χ1n) is 7.82. The number of benzene rings is 1. The smallest absolute Gasteiger partial charge is 0.387 e. The molecular weight excluding hydrogens is 320 g/mol. The maximum Gasteiger partial charge on any atom is 0.387 e. The standard InChI is InChI=1S/C17H21F2NO4/c1-9-7-12(8-10(2)14(9)24-17(18)19)15(21)20-6-4-5-13(11(20)3)16(22)23/h7-8,11,13,17H,4-6H2,1-3H3,(H,22,23)/t11-,13-/m1/s1. The predicted molar refractivity (Wildman–Crippen MR) is 83.4 cm³/mol. The molecule has 1 saturated heterocycles. The summed E-state index contributed by atoms with van der Waals surface area (Å²) in [6.07, 6.45) is 1.16. The molecule has 7 heteroatoms. The van der Waals surface area contributed by atoms with Gasteiger partial charge in [0, 0.05) is 18.2 Å². The number of carboxylic acids is 1. The van der Waals surface area contributed by atoms with Crippen LogP contribution in [0.3, 0.4) is 0 Å². The van der Waals surface area contributed by atoms with Gasteiger partial charge in [0.15, 0.2) is 0 Å². The van der Waals surface area contributed by atoms with Gasteiger partial charge in [0.05, 0.1) is 5.92 Å². The number of piperidine rings is 1. The Labute approximate surface area is 139 Å². The van der Waals surface area contributed by atoms with Crippen LogP contribution < -0.4 is 4.74 Å². The van der Waals surface area contributed by atoms with Gasteiger partial charge in [-0.3, -0.25) is 9.59 Å². The molecule has 0 aliphatic carbocycles. The fraction of sp³-hybridized carbons (Fsp3) is 0.529. The second-order valence-electron chi connectivity index (χ2n) is 6.14. The molecule has 1 aromatic carbocycles. The molecule has 5 nitrogen and oxygen atoms in total. The van der Waals surface area contributed by atoms with E-state index in [1.54, 1.807) is 25.7 Å². The molecule has 1 N–H and O–H groups in total. The van der Waals surface area contributed by atoms with E-state index in [4.69, 9.17) is 0 Å². The lowest BCUT2D eigenvalue weighted by Crippen LogP contribution is -2.49. The minimum Gasteiger partial charge on any atom is -0.481 e. The summed E-state index contributed by atoms with van der Waals surface area (Å²) >= 11 is 0. The topological polar surface area (TPSA) is 66.8 Å². The summed E-state index contributed by atoms with van der Waals surface area (Å²) in [5.74, 6) is -1.72. The molecule has 24 heavy (non-hydrogen) atoms. The van der Waals surface area contributed by atoms with Crippen LogP contribution in [0, 0.1) is 19.8 Å². The minimum atomic E-state index is -2.93. The molecule has 1 aliphatic heterocycles. The summed E-state index contributed by atoms with van der Waals surface area (Å²) in [4.78, 5) is 25.6. The zero-order chi connectivity index (χ0) is 18.0.